The van der Waals surface area contributed by atoms with Gasteiger partial charge >= 0.3 is 12.1 Å². The number of likely N-dealkylation sites (tertiary alicyclic amines) is 1. The summed E-state index contributed by atoms with van der Waals surface area (Å²) in [6, 6.07) is 4.99. The number of thiazole rings is 1. The number of nitrogens with zero attached hydrogens (tertiary/aromatic N) is 3. The molecule has 3 aromatic rings. The minimum atomic E-state index is -1.53. The summed E-state index contributed by atoms with van der Waals surface area (Å²) in [5.41, 5.74) is -0.669. The molecule has 5 N–H and O–H groups in total. The largest absolute Gasteiger partial charge is 0.491 e. The van der Waals surface area contributed by atoms with Crippen LogP contribution < -0.4 is 25.4 Å². The van der Waals surface area contributed by atoms with Crippen LogP contribution in [0.15, 0.2) is 42.3 Å². The third-order valence-electron chi connectivity index (χ3n) is 10.7. The van der Waals surface area contributed by atoms with Crippen molar-refractivity contribution in [2.45, 2.75) is 110 Å². The van der Waals surface area contributed by atoms with Crippen molar-refractivity contribution < 1.29 is 43.6 Å². The highest BCUT2D eigenvalue weighted by Crippen LogP contribution is 2.45. The first-order chi connectivity index (χ1) is 27.0. The second kappa shape index (κ2) is 16.9. The molecule has 6 rings (SSSR count). The molecule has 3 aliphatic rings. The molecule has 0 bridgehead atoms. The molecule has 2 saturated carbocycles. The number of ether oxygens (including phenoxy) is 3. The number of fused-ring (bicyclic) bond motifs is 1. The first kappa shape index (κ1) is 41.7. The molecule has 3 fully saturated rings. The number of nitrogens with one attached hydrogen (secondary N) is 3. The maximum Gasteiger partial charge on any atom is 0.408 e. The zero-order valence-electron chi connectivity index (χ0n) is 33.4. The monoisotopic (exact) mass is 806 g/mol. The van der Waals surface area contributed by atoms with E-state index in [0.29, 0.717) is 39.7 Å². The highest BCUT2D eigenvalue weighted by Gasteiger charge is 2.61. The van der Waals surface area contributed by atoms with Crippen LogP contribution in [0.4, 0.5) is 9.93 Å². The lowest BCUT2D eigenvalue weighted by molar-refractivity contribution is -0.146. The predicted octanol–water partition coefficient (Wildman–Crippen LogP) is 5.37. The van der Waals surface area contributed by atoms with Crippen LogP contribution in [0, 0.1) is 17.3 Å². The molecule has 0 spiro atoms. The number of carbonyl (C=O) groups is 4. The van der Waals surface area contributed by atoms with E-state index in [1.165, 1.54) is 22.3 Å². The topological polar surface area (TPSA) is 202 Å². The SMILES string of the molecule is C=C[C@@H]1C[C@]1(NC(=O)[C@@H]1C[C@@H](Oc2cc(-c3csc(NC(C)C)n3)nc3cc(OCCO)ccc23)CN1C(=O)[C@@H](NC(=O)O[C@H]1CC[C@@H](C)C1)C(C)(C)C)C(=O)O. The van der Waals surface area contributed by atoms with E-state index in [1.807, 2.05) is 40.0 Å². The van der Waals surface area contributed by atoms with Gasteiger partial charge in [0.2, 0.25) is 11.8 Å². The number of carboxylic acids is 1. The van der Waals surface area contributed by atoms with Crippen LogP contribution in [0.1, 0.15) is 73.6 Å². The van der Waals surface area contributed by atoms with Crippen molar-refractivity contribution in [3.8, 4) is 22.9 Å². The number of amides is 3. The number of rotatable bonds is 15. The van der Waals surface area contributed by atoms with E-state index in [-0.39, 0.29) is 44.7 Å². The van der Waals surface area contributed by atoms with Gasteiger partial charge in [0.15, 0.2) is 5.13 Å². The predicted molar refractivity (Wildman–Crippen MR) is 215 cm³/mol. The molecule has 15 nitrogen and oxygen atoms in total. The Kier molecular flexibility index (Phi) is 12.3. The summed E-state index contributed by atoms with van der Waals surface area (Å²) in [5, 5.41) is 31.5. The average Bonchev–Trinajstić information content (AvgIpc) is 3.46. The van der Waals surface area contributed by atoms with Crippen LogP contribution in [-0.4, -0.2) is 105 Å². The van der Waals surface area contributed by atoms with Crippen LogP contribution in [0.5, 0.6) is 11.5 Å². The lowest BCUT2D eigenvalue weighted by Crippen LogP contribution is -2.59. The zero-order valence-corrected chi connectivity index (χ0v) is 34.2. The van der Waals surface area contributed by atoms with Gasteiger partial charge in [-0.3, -0.25) is 9.59 Å². The van der Waals surface area contributed by atoms with E-state index in [0.717, 1.165) is 24.4 Å². The van der Waals surface area contributed by atoms with Crippen molar-refractivity contribution in [2.75, 3.05) is 25.1 Å². The molecule has 2 aliphatic carbocycles. The first-order valence-corrected chi connectivity index (χ1v) is 20.4. The Hall–Kier alpha value is -4.96. The lowest BCUT2D eigenvalue weighted by Gasteiger charge is -2.35. The number of benzene rings is 1. The van der Waals surface area contributed by atoms with Gasteiger partial charge in [-0.1, -0.05) is 33.8 Å². The van der Waals surface area contributed by atoms with Gasteiger partial charge < -0.3 is 45.3 Å². The van der Waals surface area contributed by atoms with Crippen LogP contribution in [0.25, 0.3) is 22.3 Å². The van der Waals surface area contributed by atoms with Gasteiger partial charge in [0.1, 0.15) is 53.6 Å². The quantitative estimate of drug-likeness (QED) is 0.123. The molecule has 0 radical (unpaired) electrons. The maximum atomic E-state index is 14.7. The molecular weight excluding hydrogens is 753 g/mol. The second-order valence-electron chi connectivity index (χ2n) is 16.8. The van der Waals surface area contributed by atoms with E-state index >= 15 is 0 Å². The van der Waals surface area contributed by atoms with Gasteiger partial charge in [-0.2, -0.15) is 0 Å². The number of anilines is 1. The summed E-state index contributed by atoms with van der Waals surface area (Å²) in [6.07, 6.45) is 2.46. The fraction of sp³-hybridized carbons (Fsp3) is 0.561. The third kappa shape index (κ3) is 9.44. The Bertz CT molecular complexity index is 2000. The Balaban J connectivity index is 1.33. The van der Waals surface area contributed by atoms with Crippen LogP contribution >= 0.6 is 11.3 Å². The summed E-state index contributed by atoms with van der Waals surface area (Å²) in [6.45, 7) is 15.2. The number of aliphatic carboxylic acids is 1. The number of carboxylic acid groups (broad SMARTS) is 1. The Morgan fingerprint density at radius 1 is 1.11 bits per heavy atom. The van der Waals surface area contributed by atoms with Crippen LogP contribution in [-0.2, 0) is 19.1 Å². The number of aliphatic hydroxyl groups is 1. The Morgan fingerprint density at radius 3 is 2.51 bits per heavy atom. The molecule has 57 heavy (non-hydrogen) atoms. The summed E-state index contributed by atoms with van der Waals surface area (Å²) < 4.78 is 18.1. The summed E-state index contributed by atoms with van der Waals surface area (Å²) >= 11 is 1.44. The minimum Gasteiger partial charge on any atom is -0.491 e. The molecule has 2 aromatic heterocycles. The smallest absolute Gasteiger partial charge is 0.408 e. The number of hydrogen-bond acceptors (Lipinski definition) is 12. The standard InChI is InChI=1S/C41H54N6O9S/c1-8-24-19-41(24,37(51)52)46-35(49)32-17-27(20-47(32)36(50)34(40(5,6)7)45-39(53)56-26-10-9-23(4)15-26)55-33-18-30(31-21-57-38(44-31)42-22(2)3)43-29-16-25(54-14-13-48)11-12-28(29)33/h8,11-12,16,18,21-24,26-27,32,34,48H,1,9-10,13-15,17,19-20H2,2-7H3,(H,42,44)(H,45,53)(H,46,49)(H,51,52)/t23-,24-,26+,27-,32+,34-,41-/m1/s1. The zero-order chi connectivity index (χ0) is 41.2. The molecule has 3 amide bonds. The Morgan fingerprint density at radius 2 is 1.88 bits per heavy atom. The fourth-order valence-electron chi connectivity index (χ4n) is 7.62. The normalized spacial score (nSPS) is 24.8. The van der Waals surface area contributed by atoms with E-state index < -0.39 is 58.9 Å². The highest BCUT2D eigenvalue weighted by atomic mass is 32.1. The Labute approximate surface area is 336 Å². The average molecular weight is 807 g/mol. The van der Waals surface area contributed by atoms with Gasteiger partial charge in [0, 0.05) is 41.3 Å². The van der Waals surface area contributed by atoms with Crippen molar-refractivity contribution in [1.82, 2.24) is 25.5 Å². The second-order valence-corrected chi connectivity index (χ2v) is 17.6. The van der Waals surface area contributed by atoms with Crippen molar-refractivity contribution in [3.63, 3.8) is 0 Å². The molecule has 1 aromatic carbocycles. The van der Waals surface area contributed by atoms with Crippen molar-refractivity contribution in [3.05, 3.63) is 42.3 Å². The van der Waals surface area contributed by atoms with Crippen LogP contribution in [0.3, 0.4) is 0 Å². The summed E-state index contributed by atoms with van der Waals surface area (Å²) in [7, 11) is 0. The molecule has 7 atom stereocenters. The van der Waals surface area contributed by atoms with E-state index in [4.69, 9.17) is 24.2 Å². The number of pyridine rings is 1. The molecule has 1 saturated heterocycles. The van der Waals surface area contributed by atoms with Gasteiger partial charge in [0.05, 0.1) is 24.4 Å². The van der Waals surface area contributed by atoms with Crippen molar-refractivity contribution >= 4 is 51.2 Å². The van der Waals surface area contributed by atoms with E-state index in [1.54, 1.807) is 24.3 Å². The molecule has 3 heterocycles. The summed E-state index contributed by atoms with van der Waals surface area (Å²) in [4.78, 5) is 65.4. The van der Waals surface area contributed by atoms with E-state index in [2.05, 4.69) is 29.5 Å². The number of hydrogen-bond donors (Lipinski definition) is 5. The fourth-order valence-corrected chi connectivity index (χ4v) is 8.47. The molecule has 0 unspecified atom stereocenters. The molecular formula is C41H54N6O9S. The number of aromatic nitrogens is 2. The maximum absolute atomic E-state index is 14.7. The minimum absolute atomic E-state index is 0.0311. The third-order valence-corrected chi connectivity index (χ3v) is 11.5. The van der Waals surface area contributed by atoms with Crippen LogP contribution in [0.2, 0.25) is 0 Å². The highest BCUT2D eigenvalue weighted by molar-refractivity contribution is 7.14. The summed E-state index contributed by atoms with van der Waals surface area (Å²) in [5.74, 6) is -1.48. The molecule has 308 valence electrons. The van der Waals surface area contributed by atoms with Gasteiger partial charge in [-0.25, -0.2) is 19.6 Å². The first-order valence-electron chi connectivity index (χ1n) is 19.5. The van der Waals surface area contributed by atoms with Crippen molar-refractivity contribution in [1.29, 1.82) is 0 Å². The van der Waals surface area contributed by atoms with Gasteiger partial charge in [-0.05, 0) is 63.0 Å². The van der Waals surface area contributed by atoms with E-state index in [9.17, 15) is 29.4 Å². The van der Waals surface area contributed by atoms with Crippen molar-refractivity contribution in [2.24, 2.45) is 17.3 Å². The van der Waals surface area contributed by atoms with Gasteiger partial charge in [0.25, 0.3) is 0 Å². The lowest BCUT2D eigenvalue weighted by atomic mass is 9.85. The molecule has 1 aliphatic heterocycles. The number of alkyl carbamates (subject to hydrolysis) is 1. The number of carbonyl (C=O) groups excluding carboxylic acids is 3. The molecule has 16 heteroatoms. The van der Waals surface area contributed by atoms with Gasteiger partial charge in [-0.15, -0.1) is 17.9 Å². The number of aliphatic hydroxyl groups excluding tert-OH is 1.